The molecule has 2 aromatic heterocycles. The smallest absolute Gasteiger partial charge is 0.436 e. The van der Waals surface area contributed by atoms with Crippen LogP contribution in [0.4, 0.5) is 13.2 Å². The lowest BCUT2D eigenvalue weighted by atomic mass is 10.2. The number of esters is 2. The number of halogens is 3. The number of carbonyl (C=O) groups excluding carboxylic acids is 2. The van der Waals surface area contributed by atoms with Crippen molar-refractivity contribution in [2.75, 3.05) is 0 Å². The average molecular weight is 352 g/mol. The molecule has 3 rings (SSSR count). The van der Waals surface area contributed by atoms with Crippen LogP contribution in [0.3, 0.4) is 0 Å². The van der Waals surface area contributed by atoms with Gasteiger partial charge >= 0.3 is 18.1 Å². The van der Waals surface area contributed by atoms with E-state index in [1.807, 2.05) is 11.2 Å². The van der Waals surface area contributed by atoms with Crippen molar-refractivity contribution in [1.82, 2.24) is 20.4 Å². The van der Waals surface area contributed by atoms with Gasteiger partial charge in [0.15, 0.2) is 0 Å². The number of hydrogen-bond donors (Lipinski definition) is 1. The summed E-state index contributed by atoms with van der Waals surface area (Å²) in [6.45, 7) is 0. The van der Waals surface area contributed by atoms with Gasteiger partial charge in [-0.2, -0.15) is 13.2 Å². The van der Waals surface area contributed by atoms with Gasteiger partial charge in [0.1, 0.15) is 5.75 Å². The number of ether oxygens (including phenoxy) is 2. The molecule has 1 aromatic carbocycles. The molecule has 8 nitrogen and oxygen atoms in total. The topological polar surface area (TPSA) is 107 Å². The van der Waals surface area contributed by atoms with Crippen LogP contribution in [-0.4, -0.2) is 38.5 Å². The summed E-state index contributed by atoms with van der Waals surface area (Å²) < 4.78 is 45.4. The molecule has 0 aliphatic carbocycles. The third-order valence-electron chi connectivity index (χ3n) is 2.93. The van der Waals surface area contributed by atoms with Gasteiger partial charge in [-0.1, -0.05) is 16.4 Å². The number of aromatic nitrogens is 4. The Morgan fingerprint density at radius 2 is 1.96 bits per heavy atom. The molecule has 0 amide bonds. The van der Waals surface area contributed by atoms with Crippen molar-refractivity contribution in [3.05, 3.63) is 42.2 Å². The van der Waals surface area contributed by atoms with E-state index in [2.05, 4.69) is 20.0 Å². The molecule has 11 heteroatoms. The second-order valence-electron chi connectivity index (χ2n) is 4.63. The van der Waals surface area contributed by atoms with Crippen molar-refractivity contribution >= 4 is 22.8 Å². The first-order chi connectivity index (χ1) is 11.8. The maximum Gasteiger partial charge on any atom is 0.491 e. The summed E-state index contributed by atoms with van der Waals surface area (Å²) in [5, 5.41) is 9.55. The molecular formula is C14H7F3N4O4. The largest absolute Gasteiger partial charge is 0.491 e. The van der Waals surface area contributed by atoms with Crippen LogP contribution in [0.25, 0.3) is 10.9 Å². The molecule has 0 fully saturated rings. The first-order valence-electron chi connectivity index (χ1n) is 6.61. The summed E-state index contributed by atoms with van der Waals surface area (Å²) in [6.07, 6.45) is -3.75. The fourth-order valence-electron chi connectivity index (χ4n) is 1.84. The number of fused-ring (bicyclic) bond motifs is 1. The van der Waals surface area contributed by atoms with E-state index in [0.717, 1.165) is 5.39 Å². The van der Waals surface area contributed by atoms with Gasteiger partial charge in [0.25, 0.3) is 5.88 Å². The quantitative estimate of drug-likeness (QED) is 0.570. The van der Waals surface area contributed by atoms with Gasteiger partial charge in [0.2, 0.25) is 5.69 Å². The predicted molar refractivity (Wildman–Crippen MR) is 74.7 cm³/mol. The van der Waals surface area contributed by atoms with Crippen LogP contribution in [0, 0.1) is 0 Å². The van der Waals surface area contributed by atoms with E-state index < -0.39 is 29.7 Å². The fraction of sp³-hybridized carbons (Fsp3) is 0.0714. The molecule has 0 atom stereocenters. The van der Waals surface area contributed by atoms with Crippen molar-refractivity contribution in [3.8, 4) is 11.6 Å². The second kappa shape index (κ2) is 6.19. The number of H-pyrrole nitrogens is 1. The number of nitrogens with one attached hydrogen (secondary N) is 1. The lowest BCUT2D eigenvalue weighted by molar-refractivity contribution is -0.193. The summed E-state index contributed by atoms with van der Waals surface area (Å²) in [5.74, 6) is -4.53. The number of rotatable bonds is 3. The summed E-state index contributed by atoms with van der Waals surface area (Å²) in [7, 11) is 0. The Morgan fingerprint density at radius 1 is 1.16 bits per heavy atom. The zero-order valence-electron chi connectivity index (χ0n) is 12.1. The van der Waals surface area contributed by atoms with E-state index in [1.165, 1.54) is 12.1 Å². The van der Waals surface area contributed by atoms with E-state index in [1.54, 1.807) is 18.3 Å². The van der Waals surface area contributed by atoms with E-state index in [-0.39, 0.29) is 5.75 Å². The third-order valence-corrected chi connectivity index (χ3v) is 2.93. The highest BCUT2D eigenvalue weighted by molar-refractivity contribution is 5.98. The van der Waals surface area contributed by atoms with Crippen molar-refractivity contribution in [1.29, 1.82) is 0 Å². The SMILES string of the molecule is O=C(OC(=O)C(F)(F)F)c1[nH]nnc1Oc1ccc2cccnc2c1. The van der Waals surface area contributed by atoms with Crippen molar-refractivity contribution < 1.29 is 32.2 Å². The van der Waals surface area contributed by atoms with Crippen LogP contribution >= 0.6 is 0 Å². The third kappa shape index (κ3) is 3.54. The van der Waals surface area contributed by atoms with Gasteiger partial charge in [-0.3, -0.25) is 4.98 Å². The van der Waals surface area contributed by atoms with Crippen LogP contribution in [-0.2, 0) is 9.53 Å². The minimum atomic E-state index is -5.31. The van der Waals surface area contributed by atoms with E-state index in [0.29, 0.717) is 5.52 Å². The van der Waals surface area contributed by atoms with Crippen molar-refractivity contribution in [2.45, 2.75) is 6.18 Å². The zero-order chi connectivity index (χ0) is 18.0. The minimum Gasteiger partial charge on any atom is -0.436 e. The number of benzene rings is 1. The number of hydrogen-bond acceptors (Lipinski definition) is 7. The molecule has 0 radical (unpaired) electrons. The number of aromatic amines is 1. The van der Waals surface area contributed by atoms with Gasteiger partial charge in [0, 0.05) is 17.6 Å². The molecule has 128 valence electrons. The zero-order valence-corrected chi connectivity index (χ0v) is 12.1. The molecule has 0 aliphatic rings. The lowest BCUT2D eigenvalue weighted by Crippen LogP contribution is -2.28. The highest BCUT2D eigenvalue weighted by Crippen LogP contribution is 2.26. The van der Waals surface area contributed by atoms with Gasteiger partial charge in [-0.25, -0.2) is 14.7 Å². The number of pyridine rings is 1. The van der Waals surface area contributed by atoms with E-state index in [9.17, 15) is 22.8 Å². The standard InChI is InChI=1S/C14H7F3N4O4/c15-14(16,17)13(23)25-12(22)10-11(20-21-19-10)24-8-4-3-7-2-1-5-18-9(7)6-8/h1-6H,(H,19,20,21). The van der Waals surface area contributed by atoms with Crippen LogP contribution < -0.4 is 4.74 Å². The molecule has 0 aliphatic heterocycles. The highest BCUT2D eigenvalue weighted by atomic mass is 19.4. The minimum absolute atomic E-state index is 0.205. The summed E-state index contributed by atoms with van der Waals surface area (Å²) in [4.78, 5) is 26.5. The first kappa shape index (κ1) is 16.4. The molecule has 3 aromatic rings. The summed E-state index contributed by atoms with van der Waals surface area (Å²) in [5.41, 5.74) is -0.0569. The molecule has 25 heavy (non-hydrogen) atoms. The monoisotopic (exact) mass is 352 g/mol. The molecule has 0 spiro atoms. The van der Waals surface area contributed by atoms with Gasteiger partial charge in [-0.15, -0.1) is 0 Å². The normalized spacial score (nSPS) is 11.3. The molecule has 0 bridgehead atoms. The molecule has 0 unspecified atom stereocenters. The Hall–Kier alpha value is -3.50. The Morgan fingerprint density at radius 3 is 2.72 bits per heavy atom. The Bertz CT molecular complexity index is 954. The predicted octanol–water partition coefficient (Wildman–Crippen LogP) is 2.39. The summed E-state index contributed by atoms with van der Waals surface area (Å²) >= 11 is 0. The molecule has 0 saturated carbocycles. The molecule has 1 N–H and O–H groups in total. The van der Waals surface area contributed by atoms with E-state index >= 15 is 0 Å². The van der Waals surface area contributed by atoms with Crippen molar-refractivity contribution in [3.63, 3.8) is 0 Å². The Labute approximate surface area is 136 Å². The van der Waals surface area contributed by atoms with Gasteiger partial charge in [-0.05, 0) is 18.2 Å². The number of alkyl halides is 3. The Kier molecular flexibility index (Phi) is 4.05. The molecule has 0 saturated heterocycles. The number of nitrogens with zero attached hydrogens (tertiary/aromatic N) is 3. The maximum atomic E-state index is 12.1. The van der Waals surface area contributed by atoms with Crippen LogP contribution in [0.5, 0.6) is 11.6 Å². The molecule has 2 heterocycles. The van der Waals surface area contributed by atoms with Crippen LogP contribution in [0.2, 0.25) is 0 Å². The van der Waals surface area contributed by atoms with E-state index in [4.69, 9.17) is 4.74 Å². The van der Waals surface area contributed by atoms with Crippen LogP contribution in [0.1, 0.15) is 10.5 Å². The number of carbonyl (C=O) groups is 2. The maximum absolute atomic E-state index is 12.1. The molecular weight excluding hydrogens is 345 g/mol. The lowest BCUT2D eigenvalue weighted by Gasteiger charge is -2.06. The van der Waals surface area contributed by atoms with Crippen molar-refractivity contribution in [2.24, 2.45) is 0 Å². The highest BCUT2D eigenvalue weighted by Gasteiger charge is 2.43. The Balaban J connectivity index is 1.81. The fourth-order valence-corrected chi connectivity index (χ4v) is 1.84. The second-order valence-corrected chi connectivity index (χ2v) is 4.63. The summed E-state index contributed by atoms with van der Waals surface area (Å²) in [6, 6.07) is 8.30. The first-order valence-corrected chi connectivity index (χ1v) is 6.61. The average Bonchev–Trinajstić information content (AvgIpc) is 3.02. The van der Waals surface area contributed by atoms with Gasteiger partial charge in [0.05, 0.1) is 5.52 Å². The van der Waals surface area contributed by atoms with Crippen LogP contribution in [0.15, 0.2) is 36.5 Å². The van der Waals surface area contributed by atoms with Gasteiger partial charge < -0.3 is 9.47 Å².